The van der Waals surface area contributed by atoms with Gasteiger partial charge in [0.05, 0.1) is 11.0 Å². The van der Waals surface area contributed by atoms with E-state index < -0.39 is 0 Å². The Bertz CT molecular complexity index is 364. The number of imidazole rings is 1. The molecule has 2 aromatic rings. The predicted molar refractivity (Wildman–Crippen MR) is 55.2 cm³/mol. The number of fused-ring (bicyclic) bond motifs is 1. The van der Waals surface area contributed by atoms with E-state index in [-0.39, 0.29) is 30.4 Å². The molecule has 1 N–H and O–H groups in total. The van der Waals surface area contributed by atoms with Crippen molar-refractivity contribution < 1.29 is 19.5 Å². The van der Waals surface area contributed by atoms with Crippen LogP contribution < -0.4 is 0 Å². The number of hydrogen-bond donors (Lipinski definition) is 2. The third-order valence-corrected chi connectivity index (χ3v) is 2.86. The normalized spacial score (nSPS) is 11.1. The van der Waals surface area contributed by atoms with Crippen molar-refractivity contribution in [3.63, 3.8) is 0 Å². The maximum atomic E-state index is 4.49. The fourth-order valence-electron chi connectivity index (χ4n) is 1.15. The first-order valence-corrected chi connectivity index (χ1v) is 6.13. The van der Waals surface area contributed by atoms with Gasteiger partial charge in [0.25, 0.3) is 0 Å². The van der Waals surface area contributed by atoms with Crippen molar-refractivity contribution in [1.82, 2.24) is 9.97 Å². The minimum absolute atomic E-state index is 0. The summed E-state index contributed by atoms with van der Waals surface area (Å²) in [6, 6.07) is 8.14. The SMILES string of the molecule is C[SH](C)c1nc2ccccc2[nH]1.[Zn]. The average Bonchev–Trinajstić information content (AvgIpc) is 2.46. The van der Waals surface area contributed by atoms with Gasteiger partial charge in [-0.25, -0.2) is 15.9 Å². The van der Waals surface area contributed by atoms with Crippen LogP contribution in [0.4, 0.5) is 0 Å². The number of thiol groups is 1. The van der Waals surface area contributed by atoms with E-state index in [1.54, 1.807) is 0 Å². The molecular formula is C9H12N2SZn. The zero-order chi connectivity index (χ0) is 8.55. The molecule has 0 aliphatic carbocycles. The Morgan fingerprint density at radius 2 is 1.92 bits per heavy atom. The van der Waals surface area contributed by atoms with E-state index in [0.717, 1.165) is 16.2 Å². The van der Waals surface area contributed by atoms with E-state index in [2.05, 4.69) is 28.5 Å². The van der Waals surface area contributed by atoms with Gasteiger partial charge in [-0.3, -0.25) is 0 Å². The molecule has 0 radical (unpaired) electrons. The van der Waals surface area contributed by atoms with Crippen molar-refractivity contribution in [3.8, 4) is 0 Å². The molecule has 1 heterocycles. The number of aromatic amines is 1. The fraction of sp³-hybridized carbons (Fsp3) is 0.222. The van der Waals surface area contributed by atoms with Crippen molar-refractivity contribution in [2.45, 2.75) is 5.16 Å². The quantitative estimate of drug-likeness (QED) is 0.585. The van der Waals surface area contributed by atoms with Crippen LogP contribution in [0.5, 0.6) is 0 Å². The summed E-state index contributed by atoms with van der Waals surface area (Å²) in [5.74, 6) is 0. The van der Waals surface area contributed by atoms with Gasteiger partial charge in [-0.15, -0.1) is 0 Å². The first-order valence-electron chi connectivity index (χ1n) is 3.89. The molecule has 0 aliphatic heterocycles. The molecule has 4 heteroatoms. The molecule has 0 fully saturated rings. The minimum atomic E-state index is -0.109. The molecule has 2 nitrogen and oxygen atoms in total. The average molecular weight is 246 g/mol. The van der Waals surface area contributed by atoms with E-state index in [1.807, 2.05) is 18.2 Å². The smallest absolute Gasteiger partial charge is 0.145 e. The number of nitrogens with one attached hydrogen (secondary N) is 1. The van der Waals surface area contributed by atoms with Crippen molar-refractivity contribution in [3.05, 3.63) is 24.3 Å². The van der Waals surface area contributed by atoms with Crippen LogP contribution >= 0.6 is 10.9 Å². The van der Waals surface area contributed by atoms with E-state index in [4.69, 9.17) is 0 Å². The number of hydrogen-bond acceptors (Lipinski definition) is 1. The predicted octanol–water partition coefficient (Wildman–Crippen LogP) is 2.18. The largest absolute Gasteiger partial charge is 0.334 e. The fourth-order valence-corrected chi connectivity index (χ4v) is 1.80. The summed E-state index contributed by atoms with van der Waals surface area (Å²) < 4.78 is 0. The van der Waals surface area contributed by atoms with Gasteiger partial charge in [-0.1, -0.05) is 12.1 Å². The Labute approximate surface area is 93.2 Å². The molecule has 13 heavy (non-hydrogen) atoms. The van der Waals surface area contributed by atoms with E-state index in [0.29, 0.717) is 0 Å². The molecule has 0 amide bonds. The third-order valence-electron chi connectivity index (χ3n) is 1.80. The van der Waals surface area contributed by atoms with Crippen LogP contribution in [-0.4, -0.2) is 22.5 Å². The Kier molecular flexibility index (Phi) is 3.51. The second kappa shape index (κ2) is 4.25. The molecule has 66 valence electrons. The van der Waals surface area contributed by atoms with E-state index >= 15 is 0 Å². The Hall–Kier alpha value is -0.337. The maximum absolute atomic E-state index is 4.49. The zero-order valence-corrected chi connectivity index (χ0v) is 11.8. The number of para-hydroxylation sites is 2. The van der Waals surface area contributed by atoms with Gasteiger partial charge in [-0.2, -0.15) is 0 Å². The summed E-state index contributed by atoms with van der Waals surface area (Å²) in [7, 11) is -0.109. The number of nitrogens with zero attached hydrogens (tertiary/aromatic N) is 1. The van der Waals surface area contributed by atoms with Crippen LogP contribution in [0.3, 0.4) is 0 Å². The van der Waals surface area contributed by atoms with E-state index in [9.17, 15) is 0 Å². The topological polar surface area (TPSA) is 28.7 Å². The van der Waals surface area contributed by atoms with Crippen LogP contribution in [0.2, 0.25) is 0 Å². The number of rotatable bonds is 1. The summed E-state index contributed by atoms with van der Waals surface area (Å²) in [5.41, 5.74) is 2.22. The van der Waals surface area contributed by atoms with E-state index in [1.165, 1.54) is 0 Å². The standard InChI is InChI=1S/C9H12N2S.Zn/c1-12(2)9-10-7-5-3-4-6-8(7)11-9;/h3-6,12H,1-2H3,(H,10,11);. The van der Waals surface area contributed by atoms with Crippen LogP contribution in [0.1, 0.15) is 0 Å². The van der Waals surface area contributed by atoms with Gasteiger partial charge < -0.3 is 4.98 Å². The maximum Gasteiger partial charge on any atom is 0.145 e. The molecule has 0 saturated heterocycles. The summed E-state index contributed by atoms with van der Waals surface area (Å²) in [6.45, 7) is 0. The molecule has 0 saturated carbocycles. The summed E-state index contributed by atoms with van der Waals surface area (Å²) >= 11 is 0. The molecule has 1 aromatic heterocycles. The molecule has 0 bridgehead atoms. The van der Waals surface area contributed by atoms with Gasteiger partial charge in [0.1, 0.15) is 5.16 Å². The second-order valence-corrected chi connectivity index (χ2v) is 5.18. The Morgan fingerprint density at radius 1 is 1.23 bits per heavy atom. The monoisotopic (exact) mass is 244 g/mol. The molecule has 0 spiro atoms. The zero-order valence-electron chi connectivity index (χ0n) is 7.91. The van der Waals surface area contributed by atoms with Gasteiger partial charge in [0.2, 0.25) is 0 Å². The molecule has 1 aromatic carbocycles. The molecule has 0 atom stereocenters. The third kappa shape index (κ3) is 2.12. The second-order valence-electron chi connectivity index (χ2n) is 2.97. The van der Waals surface area contributed by atoms with Crippen LogP contribution in [0.15, 0.2) is 29.4 Å². The first-order chi connectivity index (χ1) is 5.77. The Morgan fingerprint density at radius 3 is 2.54 bits per heavy atom. The number of H-pyrrole nitrogens is 1. The van der Waals surface area contributed by atoms with Crippen LogP contribution in [0, 0.1) is 0 Å². The Balaban J connectivity index is 0.000000845. The van der Waals surface area contributed by atoms with Crippen LogP contribution in [-0.2, 0) is 19.5 Å². The molecule has 2 rings (SSSR count). The molecule has 0 unspecified atom stereocenters. The van der Waals surface area contributed by atoms with Crippen molar-refractivity contribution in [2.75, 3.05) is 12.5 Å². The van der Waals surface area contributed by atoms with Crippen molar-refractivity contribution in [1.29, 1.82) is 0 Å². The van der Waals surface area contributed by atoms with Gasteiger partial charge in [0.15, 0.2) is 0 Å². The summed E-state index contributed by atoms with van der Waals surface area (Å²) in [6.07, 6.45) is 4.40. The first kappa shape index (κ1) is 10.7. The molecule has 0 aliphatic rings. The van der Waals surface area contributed by atoms with Gasteiger partial charge in [-0.05, 0) is 24.6 Å². The summed E-state index contributed by atoms with van der Waals surface area (Å²) in [5, 5.41) is 1.13. The van der Waals surface area contributed by atoms with Gasteiger partial charge in [0, 0.05) is 19.5 Å². The number of aromatic nitrogens is 2. The summed E-state index contributed by atoms with van der Waals surface area (Å²) in [4.78, 5) is 7.80. The minimum Gasteiger partial charge on any atom is -0.334 e. The molecular weight excluding hydrogens is 234 g/mol. The van der Waals surface area contributed by atoms with Crippen molar-refractivity contribution >= 4 is 21.9 Å². The van der Waals surface area contributed by atoms with Crippen molar-refractivity contribution in [2.24, 2.45) is 0 Å². The van der Waals surface area contributed by atoms with Crippen LogP contribution in [0.25, 0.3) is 11.0 Å². The number of benzene rings is 1. The van der Waals surface area contributed by atoms with Gasteiger partial charge >= 0.3 is 0 Å².